The van der Waals surface area contributed by atoms with Gasteiger partial charge in [-0.05, 0) is 45.0 Å². The average Bonchev–Trinajstić information content (AvgIpc) is 3.39. The maximum Gasteiger partial charge on any atom is 0.387 e. The van der Waals surface area contributed by atoms with Crippen molar-refractivity contribution in [2.24, 2.45) is 0 Å². The van der Waals surface area contributed by atoms with Gasteiger partial charge in [-0.25, -0.2) is 4.79 Å². The Hall–Kier alpha value is -2.22. The molecule has 1 atom stereocenters. The van der Waals surface area contributed by atoms with Crippen molar-refractivity contribution in [3.63, 3.8) is 0 Å². The van der Waals surface area contributed by atoms with Crippen molar-refractivity contribution in [2.45, 2.75) is 45.4 Å². The fourth-order valence-corrected chi connectivity index (χ4v) is 3.56. The van der Waals surface area contributed by atoms with Crippen molar-refractivity contribution in [2.75, 3.05) is 6.61 Å². The van der Waals surface area contributed by atoms with Crippen molar-refractivity contribution in [3.05, 3.63) is 41.1 Å². The molecule has 1 aliphatic heterocycles. The van der Waals surface area contributed by atoms with Crippen LogP contribution in [0.25, 0.3) is 0 Å². The number of carbonyl (C=O) groups is 1. The van der Waals surface area contributed by atoms with Gasteiger partial charge < -0.3 is 19.7 Å². The highest BCUT2D eigenvalue weighted by atomic mass is 32.1. The maximum absolute atomic E-state index is 12.8. The number of ether oxygens (including phenoxy) is 2. The summed E-state index contributed by atoms with van der Waals surface area (Å²) in [5, 5.41) is 3.58. The normalized spacial score (nSPS) is 20.3. The van der Waals surface area contributed by atoms with E-state index in [0.29, 0.717) is 21.9 Å². The highest BCUT2D eigenvalue weighted by Crippen LogP contribution is 2.40. The minimum Gasteiger partial charge on any atom is -0.463 e. The molecule has 1 saturated carbocycles. The van der Waals surface area contributed by atoms with Crippen LogP contribution in [0.4, 0.5) is 8.78 Å². The number of alkyl halides is 2. The number of carbonyl (C=O) groups excluding carboxylic acids is 1. The summed E-state index contributed by atoms with van der Waals surface area (Å²) in [4.78, 5) is 14.6. The molecule has 0 amide bonds. The first-order chi connectivity index (χ1) is 12.4. The molecule has 5 nitrogen and oxygen atoms in total. The Balaban J connectivity index is 2.07. The highest BCUT2D eigenvalue weighted by Gasteiger charge is 2.41. The predicted octanol–water partition coefficient (Wildman–Crippen LogP) is 3.52. The summed E-state index contributed by atoms with van der Waals surface area (Å²) < 4.78 is 35.4. The number of halogens is 2. The van der Waals surface area contributed by atoms with Gasteiger partial charge in [-0.2, -0.15) is 8.78 Å². The molecular formula is C18H20F2N2O3S. The van der Waals surface area contributed by atoms with Gasteiger partial charge in [0, 0.05) is 17.3 Å². The first kappa shape index (κ1) is 18.6. The number of para-hydroxylation sites is 1. The molecule has 0 spiro atoms. The molecule has 3 rings (SSSR count). The zero-order valence-corrected chi connectivity index (χ0v) is 15.3. The number of nitrogens with zero attached hydrogens (tertiary/aromatic N) is 1. The van der Waals surface area contributed by atoms with E-state index in [0.717, 1.165) is 12.8 Å². The fourth-order valence-electron chi connectivity index (χ4n) is 3.16. The van der Waals surface area contributed by atoms with Crippen LogP contribution in [0, 0.1) is 0 Å². The molecule has 0 radical (unpaired) electrons. The van der Waals surface area contributed by atoms with E-state index < -0.39 is 18.6 Å². The summed E-state index contributed by atoms with van der Waals surface area (Å²) in [7, 11) is 0. The van der Waals surface area contributed by atoms with E-state index in [1.165, 1.54) is 6.07 Å². The largest absolute Gasteiger partial charge is 0.463 e. The minimum absolute atomic E-state index is 0.00253. The van der Waals surface area contributed by atoms with Gasteiger partial charge in [-0.1, -0.05) is 18.2 Å². The Labute approximate surface area is 155 Å². The molecule has 1 heterocycles. The van der Waals surface area contributed by atoms with E-state index >= 15 is 0 Å². The van der Waals surface area contributed by atoms with E-state index in [9.17, 15) is 13.6 Å². The van der Waals surface area contributed by atoms with Crippen LogP contribution in [0.5, 0.6) is 5.75 Å². The third-order valence-corrected chi connectivity index (χ3v) is 4.69. The number of esters is 1. The fraction of sp³-hybridized carbons (Fsp3) is 0.444. The second-order valence-electron chi connectivity index (χ2n) is 6.12. The number of hydrogen-bond acceptors (Lipinski definition) is 4. The smallest absolute Gasteiger partial charge is 0.387 e. The quantitative estimate of drug-likeness (QED) is 0.600. The second-order valence-corrected chi connectivity index (χ2v) is 6.51. The molecule has 0 bridgehead atoms. The van der Waals surface area contributed by atoms with Crippen molar-refractivity contribution in [1.82, 2.24) is 10.2 Å². The minimum atomic E-state index is -2.97. The van der Waals surface area contributed by atoms with Crippen LogP contribution in [0.15, 0.2) is 35.5 Å². The summed E-state index contributed by atoms with van der Waals surface area (Å²) >= 11 is 5.47. The lowest BCUT2D eigenvalue weighted by Gasteiger charge is -2.38. The number of rotatable bonds is 6. The number of hydrogen-bond donors (Lipinski definition) is 1. The summed E-state index contributed by atoms with van der Waals surface area (Å²) in [6, 6.07) is 5.91. The topological polar surface area (TPSA) is 50.8 Å². The summed E-state index contributed by atoms with van der Waals surface area (Å²) in [6.45, 7) is 0.772. The molecule has 1 N–H and O–H groups in total. The number of allylic oxidation sites excluding steroid dienone is 1. The van der Waals surface area contributed by atoms with Gasteiger partial charge in [0.25, 0.3) is 0 Å². The molecule has 140 valence electrons. The summed E-state index contributed by atoms with van der Waals surface area (Å²) in [5.41, 5.74) is 1.46. The molecule has 1 aliphatic carbocycles. The van der Waals surface area contributed by atoms with Crippen molar-refractivity contribution in [3.8, 4) is 5.75 Å². The van der Waals surface area contributed by atoms with E-state index in [-0.39, 0.29) is 18.4 Å². The SMILES string of the molecule is CCOC(=O)C1=C(C)N(C2CC2)C(=S)N[C@H]1c1ccccc1OC(F)F. The lowest BCUT2D eigenvalue weighted by Crippen LogP contribution is -2.48. The Morgan fingerprint density at radius 1 is 1.38 bits per heavy atom. The van der Waals surface area contributed by atoms with E-state index in [1.54, 1.807) is 32.0 Å². The Morgan fingerprint density at radius 3 is 2.69 bits per heavy atom. The Morgan fingerprint density at radius 2 is 2.08 bits per heavy atom. The lowest BCUT2D eigenvalue weighted by molar-refractivity contribution is -0.139. The van der Waals surface area contributed by atoms with Crippen molar-refractivity contribution in [1.29, 1.82) is 0 Å². The van der Waals surface area contributed by atoms with Gasteiger partial charge in [0.05, 0.1) is 18.2 Å². The van der Waals surface area contributed by atoms with E-state index in [4.69, 9.17) is 17.0 Å². The first-order valence-corrected chi connectivity index (χ1v) is 8.86. The molecule has 0 saturated heterocycles. The molecule has 1 aromatic carbocycles. The molecule has 0 unspecified atom stereocenters. The molecule has 2 aliphatic rings. The first-order valence-electron chi connectivity index (χ1n) is 8.45. The van der Waals surface area contributed by atoms with E-state index in [1.807, 2.05) is 4.90 Å². The zero-order valence-electron chi connectivity index (χ0n) is 14.5. The van der Waals surface area contributed by atoms with Crippen LogP contribution >= 0.6 is 12.2 Å². The number of thiocarbonyl (C=S) groups is 1. The summed E-state index contributed by atoms with van der Waals surface area (Å²) in [6.07, 6.45) is 1.98. The molecule has 1 fully saturated rings. The van der Waals surface area contributed by atoms with Crippen LogP contribution in [0.3, 0.4) is 0 Å². The predicted molar refractivity (Wildman–Crippen MR) is 95.7 cm³/mol. The number of nitrogens with one attached hydrogen (secondary N) is 1. The third-order valence-electron chi connectivity index (χ3n) is 4.38. The van der Waals surface area contributed by atoms with Gasteiger partial charge >= 0.3 is 12.6 Å². The van der Waals surface area contributed by atoms with Gasteiger partial charge in [0.1, 0.15) is 5.75 Å². The van der Waals surface area contributed by atoms with Crippen molar-refractivity contribution < 1.29 is 23.0 Å². The maximum atomic E-state index is 12.8. The zero-order chi connectivity index (χ0) is 18.8. The van der Waals surface area contributed by atoms with Crippen LogP contribution in [-0.4, -0.2) is 35.2 Å². The van der Waals surface area contributed by atoms with Crippen LogP contribution in [0.1, 0.15) is 38.3 Å². The van der Waals surface area contributed by atoms with Crippen molar-refractivity contribution >= 4 is 23.3 Å². The van der Waals surface area contributed by atoms with Crippen LogP contribution in [0.2, 0.25) is 0 Å². The van der Waals surface area contributed by atoms with Gasteiger partial charge in [-0.15, -0.1) is 0 Å². The Kier molecular flexibility index (Phi) is 5.41. The molecule has 1 aromatic rings. The third kappa shape index (κ3) is 3.65. The standard InChI is InChI=1S/C18H20F2N2O3S/c1-3-24-16(23)14-10(2)22(11-8-9-11)18(26)21-15(14)12-6-4-5-7-13(12)25-17(19)20/h4-7,11,15,17H,3,8-9H2,1-2H3,(H,21,26)/t15-/m0/s1. The van der Waals surface area contributed by atoms with Crippen LogP contribution in [-0.2, 0) is 9.53 Å². The monoisotopic (exact) mass is 382 g/mol. The molecular weight excluding hydrogens is 362 g/mol. The molecule has 26 heavy (non-hydrogen) atoms. The highest BCUT2D eigenvalue weighted by molar-refractivity contribution is 7.80. The molecule has 8 heteroatoms. The Bertz CT molecular complexity index is 750. The van der Waals surface area contributed by atoms with Gasteiger partial charge in [-0.3, -0.25) is 0 Å². The average molecular weight is 382 g/mol. The van der Waals surface area contributed by atoms with E-state index in [2.05, 4.69) is 10.1 Å². The lowest BCUT2D eigenvalue weighted by atomic mass is 9.94. The van der Waals surface area contributed by atoms with Gasteiger partial charge in [0.15, 0.2) is 5.11 Å². The van der Waals surface area contributed by atoms with Gasteiger partial charge in [0.2, 0.25) is 0 Å². The second kappa shape index (κ2) is 7.57. The molecule has 0 aromatic heterocycles. The van der Waals surface area contributed by atoms with Crippen LogP contribution < -0.4 is 10.1 Å². The number of benzene rings is 1. The summed E-state index contributed by atoms with van der Waals surface area (Å²) in [5.74, 6) is -0.500.